The molecule has 1 fully saturated rings. The first kappa shape index (κ1) is 9.84. The minimum absolute atomic E-state index is 0. The number of hydrogen-bond acceptors (Lipinski definition) is 3. The Morgan fingerprint density at radius 2 is 1.89 bits per heavy atom. The number of rotatable bonds is 1. The van der Waals surface area contributed by atoms with E-state index in [-0.39, 0.29) is 36.0 Å². The van der Waals surface area contributed by atoms with Crippen LogP contribution >= 0.6 is 0 Å². The van der Waals surface area contributed by atoms with E-state index in [2.05, 4.69) is 0 Å². The quantitative estimate of drug-likeness (QED) is 0.299. The minimum Gasteiger partial charge on any atom is -0.748 e. The second kappa shape index (κ2) is 2.84. The molecule has 0 heterocycles. The molecule has 0 unspecified atom stereocenters. The normalized spacial score (nSPS) is 33.1. The van der Waals surface area contributed by atoms with Gasteiger partial charge in [-0.05, 0) is 6.42 Å². The molecule has 0 aromatic carbocycles. The topological polar surface area (TPSA) is 57.2 Å². The van der Waals surface area contributed by atoms with E-state index < -0.39 is 21.5 Å². The van der Waals surface area contributed by atoms with E-state index in [1.54, 1.807) is 0 Å². The van der Waals surface area contributed by atoms with Crippen molar-refractivity contribution in [3.05, 3.63) is 0 Å². The zero-order valence-electron chi connectivity index (χ0n) is 4.87. The average Bonchev–Trinajstić information content (AvgIpc) is 2.13. The monoisotopic (exact) mass is 162 g/mol. The zero-order chi connectivity index (χ0) is 6.36. The Morgan fingerprint density at radius 3 is 1.89 bits per heavy atom. The summed E-state index contributed by atoms with van der Waals surface area (Å²) in [5.41, 5.74) is 0. The Kier molecular flexibility index (Phi) is 3.10. The average molecular weight is 162 g/mol. The molecule has 0 aliphatic heterocycles. The third kappa shape index (κ3) is 2.51. The summed E-state index contributed by atoms with van der Waals surface area (Å²) in [4.78, 5) is 0. The van der Waals surface area contributed by atoms with Gasteiger partial charge in [0.15, 0.2) is 0 Å². The summed E-state index contributed by atoms with van der Waals surface area (Å²) in [6.45, 7) is 0. The summed E-state index contributed by atoms with van der Waals surface area (Å²) in [7, 11) is -4.30. The van der Waals surface area contributed by atoms with Crippen molar-refractivity contribution in [3.63, 3.8) is 0 Å². The first-order chi connectivity index (χ1) is 3.52. The van der Waals surface area contributed by atoms with Crippen LogP contribution in [0.1, 0.15) is 6.42 Å². The predicted molar refractivity (Wildman–Crippen MR) is 23.0 cm³/mol. The molecule has 2 atom stereocenters. The maximum absolute atomic E-state index is 11.7. The van der Waals surface area contributed by atoms with E-state index in [1.165, 1.54) is 0 Å². The van der Waals surface area contributed by atoms with Gasteiger partial charge in [-0.1, -0.05) is 0 Å². The molecular formula is C3H4FNaO3S. The molecule has 9 heavy (non-hydrogen) atoms. The molecule has 1 aliphatic carbocycles. The van der Waals surface area contributed by atoms with Crippen molar-refractivity contribution in [1.29, 1.82) is 0 Å². The molecule has 0 amide bonds. The van der Waals surface area contributed by atoms with E-state index >= 15 is 0 Å². The van der Waals surface area contributed by atoms with E-state index in [4.69, 9.17) is 0 Å². The third-order valence-corrected chi connectivity index (χ3v) is 2.26. The molecule has 48 valence electrons. The molecule has 3 nitrogen and oxygen atoms in total. The Hall–Kier alpha value is 0.840. The predicted octanol–water partition coefficient (Wildman–Crippen LogP) is -3.35. The standard InChI is InChI=1S/C3H5FO3S.Na/c4-2-1-3(2)8(5,6)7;/h2-3H,1H2,(H,5,6,7);/q;+1/p-1/t2-,3-;/m1./s1. The molecule has 1 saturated carbocycles. The maximum atomic E-state index is 11.7. The van der Waals surface area contributed by atoms with Crippen LogP contribution in [0.2, 0.25) is 0 Å². The Morgan fingerprint density at radius 1 is 1.56 bits per heavy atom. The van der Waals surface area contributed by atoms with Crippen LogP contribution in [-0.4, -0.2) is 24.4 Å². The van der Waals surface area contributed by atoms with Crippen LogP contribution in [0.3, 0.4) is 0 Å². The molecule has 0 radical (unpaired) electrons. The summed E-state index contributed by atoms with van der Waals surface area (Å²) in [6, 6.07) is 0. The molecule has 0 spiro atoms. The first-order valence-corrected chi connectivity index (χ1v) is 3.58. The fourth-order valence-electron chi connectivity index (χ4n) is 0.442. The second-order valence-electron chi connectivity index (χ2n) is 1.78. The van der Waals surface area contributed by atoms with Crippen LogP contribution in [0.4, 0.5) is 4.39 Å². The molecule has 1 rings (SSSR count). The van der Waals surface area contributed by atoms with Crippen molar-refractivity contribution in [1.82, 2.24) is 0 Å². The minimum atomic E-state index is -4.30. The van der Waals surface area contributed by atoms with Crippen molar-refractivity contribution in [2.45, 2.75) is 17.8 Å². The van der Waals surface area contributed by atoms with Crippen LogP contribution in [0, 0.1) is 0 Å². The third-order valence-electron chi connectivity index (χ3n) is 1.03. The summed E-state index contributed by atoms with van der Waals surface area (Å²) < 4.78 is 41.1. The molecular weight excluding hydrogens is 158 g/mol. The van der Waals surface area contributed by atoms with Crippen LogP contribution < -0.4 is 29.6 Å². The van der Waals surface area contributed by atoms with Gasteiger partial charge in [-0.15, -0.1) is 0 Å². The fraction of sp³-hybridized carbons (Fsp3) is 1.00. The summed E-state index contributed by atoms with van der Waals surface area (Å²) in [5, 5.41) is -1.23. The van der Waals surface area contributed by atoms with Gasteiger partial charge in [0, 0.05) is 0 Å². The molecule has 6 heteroatoms. The van der Waals surface area contributed by atoms with Gasteiger partial charge in [0.25, 0.3) is 0 Å². The smallest absolute Gasteiger partial charge is 0.748 e. The van der Waals surface area contributed by atoms with Crippen molar-refractivity contribution < 1.29 is 46.9 Å². The summed E-state index contributed by atoms with van der Waals surface area (Å²) >= 11 is 0. The molecule has 0 bridgehead atoms. The van der Waals surface area contributed by atoms with Crippen LogP contribution in [0.25, 0.3) is 0 Å². The maximum Gasteiger partial charge on any atom is 1.00 e. The molecule has 0 aromatic rings. The van der Waals surface area contributed by atoms with Crippen LogP contribution in [0.5, 0.6) is 0 Å². The van der Waals surface area contributed by atoms with Gasteiger partial charge in [0.2, 0.25) is 0 Å². The van der Waals surface area contributed by atoms with Crippen LogP contribution in [-0.2, 0) is 10.1 Å². The van der Waals surface area contributed by atoms with Gasteiger partial charge < -0.3 is 4.55 Å². The number of alkyl halides is 1. The van der Waals surface area contributed by atoms with E-state index in [1.807, 2.05) is 0 Å². The summed E-state index contributed by atoms with van der Waals surface area (Å²) in [5.74, 6) is 0. The van der Waals surface area contributed by atoms with Crippen molar-refractivity contribution in [2.24, 2.45) is 0 Å². The molecule has 0 aromatic heterocycles. The van der Waals surface area contributed by atoms with Crippen molar-refractivity contribution in [3.8, 4) is 0 Å². The SMILES string of the molecule is O=S(=O)([O-])[C@@H]1C[C@H]1F.[Na+]. The summed E-state index contributed by atoms with van der Waals surface area (Å²) in [6.07, 6.45) is -1.50. The Labute approximate surface area is 74.7 Å². The molecule has 0 saturated heterocycles. The fourth-order valence-corrected chi connectivity index (χ4v) is 1.22. The van der Waals surface area contributed by atoms with Gasteiger partial charge in [-0.25, -0.2) is 12.8 Å². The Bertz CT molecular complexity index is 189. The van der Waals surface area contributed by atoms with Crippen molar-refractivity contribution >= 4 is 10.1 Å². The largest absolute Gasteiger partial charge is 1.00 e. The Balaban J connectivity index is 0.000000640. The van der Waals surface area contributed by atoms with Crippen LogP contribution in [0.15, 0.2) is 0 Å². The van der Waals surface area contributed by atoms with Gasteiger partial charge in [0.05, 0.1) is 5.25 Å². The van der Waals surface area contributed by atoms with E-state index in [0.29, 0.717) is 0 Å². The van der Waals surface area contributed by atoms with Gasteiger partial charge in [0.1, 0.15) is 16.3 Å². The number of hydrogen-bond donors (Lipinski definition) is 0. The van der Waals surface area contributed by atoms with Crippen molar-refractivity contribution in [2.75, 3.05) is 0 Å². The second-order valence-corrected chi connectivity index (χ2v) is 3.37. The van der Waals surface area contributed by atoms with Gasteiger partial charge in [-0.3, -0.25) is 0 Å². The van der Waals surface area contributed by atoms with E-state index in [9.17, 15) is 17.4 Å². The van der Waals surface area contributed by atoms with E-state index in [0.717, 1.165) is 0 Å². The number of halogens is 1. The van der Waals surface area contributed by atoms with Gasteiger partial charge >= 0.3 is 29.6 Å². The zero-order valence-corrected chi connectivity index (χ0v) is 7.69. The molecule has 1 aliphatic rings. The van der Waals surface area contributed by atoms with Gasteiger partial charge in [-0.2, -0.15) is 0 Å². The molecule has 0 N–H and O–H groups in total. The first-order valence-electron chi connectivity index (χ1n) is 2.10.